The molecular formula is C14H20FNO3. The smallest absolute Gasteiger partial charge is 0.223 e. The zero-order valence-electron chi connectivity index (χ0n) is 11.1. The molecule has 1 aromatic heterocycles. The topological polar surface area (TPSA) is 62.5 Å². The van der Waals surface area contributed by atoms with E-state index in [2.05, 4.69) is 5.32 Å². The average molecular weight is 269 g/mol. The summed E-state index contributed by atoms with van der Waals surface area (Å²) in [7, 11) is 0. The Bertz CT molecular complexity index is 412. The van der Waals surface area contributed by atoms with Gasteiger partial charge in [-0.25, -0.2) is 4.39 Å². The van der Waals surface area contributed by atoms with Gasteiger partial charge in [0.1, 0.15) is 11.4 Å². The lowest BCUT2D eigenvalue weighted by Gasteiger charge is -2.39. The predicted molar refractivity (Wildman–Crippen MR) is 68.3 cm³/mol. The van der Waals surface area contributed by atoms with Gasteiger partial charge in [0.25, 0.3) is 0 Å². The summed E-state index contributed by atoms with van der Waals surface area (Å²) in [6.07, 6.45) is 3.43. The molecule has 0 saturated heterocycles. The van der Waals surface area contributed by atoms with Crippen molar-refractivity contribution >= 4 is 5.91 Å². The molecule has 4 nitrogen and oxygen atoms in total. The number of halogens is 1. The molecule has 5 heteroatoms. The van der Waals surface area contributed by atoms with Crippen molar-refractivity contribution in [3.63, 3.8) is 0 Å². The highest BCUT2D eigenvalue weighted by Gasteiger charge is 2.47. The Balaban J connectivity index is 1.68. The van der Waals surface area contributed by atoms with Gasteiger partial charge in [0.05, 0.1) is 12.9 Å². The first-order valence-electron chi connectivity index (χ1n) is 6.65. The lowest BCUT2D eigenvalue weighted by atomic mass is 9.72. The lowest BCUT2D eigenvalue weighted by Crippen LogP contribution is -2.51. The molecule has 106 valence electrons. The van der Waals surface area contributed by atoms with E-state index in [1.807, 2.05) is 19.1 Å². The van der Waals surface area contributed by atoms with Gasteiger partial charge in [-0.1, -0.05) is 0 Å². The summed E-state index contributed by atoms with van der Waals surface area (Å²) < 4.78 is 18.7. The van der Waals surface area contributed by atoms with Crippen LogP contribution in [0.3, 0.4) is 0 Å². The number of amides is 1. The zero-order valence-corrected chi connectivity index (χ0v) is 11.1. The summed E-state index contributed by atoms with van der Waals surface area (Å²) >= 11 is 0. The Kier molecular flexibility index (Phi) is 4.24. The van der Waals surface area contributed by atoms with Crippen LogP contribution in [0.5, 0.6) is 0 Å². The number of carbonyl (C=O) groups excluding carboxylic acids is 1. The van der Waals surface area contributed by atoms with E-state index in [0.29, 0.717) is 0 Å². The van der Waals surface area contributed by atoms with E-state index in [4.69, 9.17) is 9.52 Å². The summed E-state index contributed by atoms with van der Waals surface area (Å²) in [4.78, 5) is 11.8. The summed E-state index contributed by atoms with van der Waals surface area (Å²) in [6.45, 7) is 1.43. The van der Waals surface area contributed by atoms with Crippen LogP contribution in [0.4, 0.5) is 4.39 Å². The average Bonchev–Trinajstić information content (AvgIpc) is 2.85. The molecule has 1 aliphatic carbocycles. The van der Waals surface area contributed by atoms with Crippen molar-refractivity contribution in [2.75, 3.05) is 6.61 Å². The Morgan fingerprint density at radius 3 is 3.00 bits per heavy atom. The number of furan rings is 1. The van der Waals surface area contributed by atoms with Gasteiger partial charge in [0, 0.05) is 18.4 Å². The predicted octanol–water partition coefficient (Wildman–Crippen LogP) is 1.83. The fraction of sp³-hybridized carbons (Fsp3) is 0.643. The van der Waals surface area contributed by atoms with E-state index in [1.54, 1.807) is 6.26 Å². The molecule has 1 atom stereocenters. The largest absolute Gasteiger partial charge is 0.469 e. The number of nitrogens with one attached hydrogen (secondary N) is 1. The molecule has 1 fully saturated rings. The van der Waals surface area contributed by atoms with E-state index in [-0.39, 0.29) is 30.7 Å². The summed E-state index contributed by atoms with van der Waals surface area (Å²) in [6, 6.07) is 3.77. The normalized spacial score (nSPS) is 27.6. The van der Waals surface area contributed by atoms with Crippen LogP contribution in [0.15, 0.2) is 22.8 Å². The molecule has 1 heterocycles. The monoisotopic (exact) mass is 269 g/mol. The minimum atomic E-state index is -1.54. The molecule has 1 amide bonds. The van der Waals surface area contributed by atoms with Gasteiger partial charge < -0.3 is 14.8 Å². The van der Waals surface area contributed by atoms with Gasteiger partial charge in [0.2, 0.25) is 5.91 Å². The van der Waals surface area contributed by atoms with E-state index in [0.717, 1.165) is 18.6 Å². The Labute approximate surface area is 112 Å². The molecule has 0 aliphatic heterocycles. The first-order chi connectivity index (χ1) is 9.02. The second-order valence-electron chi connectivity index (χ2n) is 5.44. The van der Waals surface area contributed by atoms with Gasteiger partial charge in [-0.2, -0.15) is 0 Å². The van der Waals surface area contributed by atoms with Gasteiger partial charge in [-0.05, 0) is 38.3 Å². The molecule has 19 heavy (non-hydrogen) atoms. The molecule has 1 aliphatic rings. The first-order valence-corrected chi connectivity index (χ1v) is 6.65. The molecule has 2 rings (SSSR count). The third kappa shape index (κ3) is 3.56. The van der Waals surface area contributed by atoms with Crippen LogP contribution in [0.1, 0.15) is 31.9 Å². The quantitative estimate of drug-likeness (QED) is 0.828. The van der Waals surface area contributed by atoms with Crippen LogP contribution >= 0.6 is 0 Å². The summed E-state index contributed by atoms with van der Waals surface area (Å²) in [5.41, 5.74) is -1.54. The third-order valence-corrected chi connectivity index (χ3v) is 3.67. The third-order valence-electron chi connectivity index (χ3n) is 3.67. The second-order valence-corrected chi connectivity index (χ2v) is 5.44. The highest BCUT2D eigenvalue weighted by atomic mass is 19.1. The SMILES string of the molecule is CC(CCc1ccco1)NC(=O)C1CC(F)(CO)C1. The van der Waals surface area contributed by atoms with Gasteiger partial charge in [0.15, 0.2) is 0 Å². The molecule has 1 aromatic rings. The lowest BCUT2D eigenvalue weighted by molar-refractivity contribution is -0.137. The molecule has 1 saturated carbocycles. The number of aryl methyl sites for hydroxylation is 1. The molecule has 0 spiro atoms. The fourth-order valence-electron chi connectivity index (χ4n) is 2.38. The van der Waals surface area contributed by atoms with Crippen molar-refractivity contribution in [3.8, 4) is 0 Å². The molecule has 0 aromatic carbocycles. The van der Waals surface area contributed by atoms with Crippen LogP contribution in [0, 0.1) is 5.92 Å². The first kappa shape index (κ1) is 14.1. The van der Waals surface area contributed by atoms with Crippen molar-refractivity contribution in [1.29, 1.82) is 0 Å². The Hall–Kier alpha value is -1.36. The highest BCUT2D eigenvalue weighted by Crippen LogP contribution is 2.40. The van der Waals surface area contributed by atoms with Gasteiger partial charge in [-0.15, -0.1) is 0 Å². The molecule has 0 bridgehead atoms. The van der Waals surface area contributed by atoms with E-state index in [1.165, 1.54) is 0 Å². The second kappa shape index (κ2) is 5.74. The number of hydrogen-bond acceptors (Lipinski definition) is 3. The standard InChI is InChI=1S/C14H20FNO3/c1-10(4-5-12-3-2-6-19-12)16-13(18)11-7-14(15,8-11)9-17/h2-3,6,10-11,17H,4-5,7-9H2,1H3,(H,16,18). The van der Waals surface area contributed by atoms with Crippen LogP contribution in [0.2, 0.25) is 0 Å². The maximum absolute atomic E-state index is 13.5. The highest BCUT2D eigenvalue weighted by molar-refractivity contribution is 5.80. The van der Waals surface area contributed by atoms with Crippen LogP contribution < -0.4 is 5.32 Å². The number of hydrogen-bond donors (Lipinski definition) is 2. The van der Waals surface area contributed by atoms with Crippen LogP contribution in [-0.2, 0) is 11.2 Å². The number of carbonyl (C=O) groups is 1. The number of aliphatic hydroxyl groups excluding tert-OH is 1. The maximum Gasteiger partial charge on any atom is 0.223 e. The van der Waals surface area contributed by atoms with Gasteiger partial charge in [-0.3, -0.25) is 4.79 Å². The Morgan fingerprint density at radius 1 is 1.68 bits per heavy atom. The van der Waals surface area contributed by atoms with Crippen LogP contribution in [-0.4, -0.2) is 29.3 Å². The minimum absolute atomic E-state index is 0.0290. The zero-order chi connectivity index (χ0) is 13.9. The van der Waals surface area contributed by atoms with Crippen LogP contribution in [0.25, 0.3) is 0 Å². The molecule has 1 unspecified atom stereocenters. The maximum atomic E-state index is 13.5. The number of alkyl halides is 1. The van der Waals surface area contributed by atoms with Crippen molar-refractivity contribution in [3.05, 3.63) is 24.2 Å². The van der Waals surface area contributed by atoms with Crippen molar-refractivity contribution in [2.45, 2.75) is 44.3 Å². The number of aliphatic hydroxyl groups is 1. The van der Waals surface area contributed by atoms with Crippen molar-refractivity contribution in [2.24, 2.45) is 5.92 Å². The molecule has 0 radical (unpaired) electrons. The van der Waals surface area contributed by atoms with Crippen molar-refractivity contribution < 1.29 is 18.7 Å². The van der Waals surface area contributed by atoms with E-state index in [9.17, 15) is 9.18 Å². The molecule has 2 N–H and O–H groups in total. The summed E-state index contributed by atoms with van der Waals surface area (Å²) in [5.74, 6) is 0.477. The van der Waals surface area contributed by atoms with E-state index >= 15 is 0 Å². The van der Waals surface area contributed by atoms with E-state index < -0.39 is 12.3 Å². The fourth-order valence-corrected chi connectivity index (χ4v) is 2.38. The Morgan fingerprint density at radius 2 is 2.42 bits per heavy atom. The van der Waals surface area contributed by atoms with Gasteiger partial charge >= 0.3 is 0 Å². The summed E-state index contributed by atoms with van der Waals surface area (Å²) in [5, 5.41) is 11.7. The van der Waals surface area contributed by atoms with Crippen molar-refractivity contribution in [1.82, 2.24) is 5.32 Å². The number of rotatable bonds is 6. The molecular weight excluding hydrogens is 249 g/mol. The minimum Gasteiger partial charge on any atom is -0.469 e.